The molecule has 0 spiro atoms. The highest BCUT2D eigenvalue weighted by Crippen LogP contribution is 2.25. The quantitative estimate of drug-likeness (QED) is 0.811. The smallest absolute Gasteiger partial charge is 0.119 e. The van der Waals surface area contributed by atoms with Gasteiger partial charge in [-0.3, -0.25) is 4.90 Å². The van der Waals surface area contributed by atoms with Crippen LogP contribution in [0.1, 0.15) is 24.5 Å². The molecular formula is C20H23NO. The third kappa shape index (κ3) is 3.77. The molecule has 0 saturated carbocycles. The lowest BCUT2D eigenvalue weighted by molar-refractivity contribution is 0.294. The normalized spacial score (nSPS) is 15.4. The molecule has 0 N–H and O–H groups in total. The summed E-state index contributed by atoms with van der Waals surface area (Å²) in [5.41, 5.74) is 4.16. The summed E-state index contributed by atoms with van der Waals surface area (Å²) in [6.07, 6.45) is 3.48. The average Bonchev–Trinajstić information content (AvgIpc) is 2.58. The highest BCUT2D eigenvalue weighted by molar-refractivity contribution is 5.67. The summed E-state index contributed by atoms with van der Waals surface area (Å²) in [6, 6.07) is 19.2. The second-order valence-electron chi connectivity index (χ2n) is 5.66. The van der Waals surface area contributed by atoms with Crippen molar-refractivity contribution in [1.82, 2.24) is 4.90 Å². The first-order valence-electron chi connectivity index (χ1n) is 8.03. The monoisotopic (exact) mass is 293 g/mol. The Morgan fingerprint density at radius 2 is 1.77 bits per heavy atom. The van der Waals surface area contributed by atoms with Gasteiger partial charge in [-0.2, -0.15) is 0 Å². The molecule has 0 aliphatic carbocycles. The van der Waals surface area contributed by atoms with E-state index >= 15 is 0 Å². The molecule has 0 fully saturated rings. The summed E-state index contributed by atoms with van der Waals surface area (Å²) in [4.78, 5) is 2.49. The summed E-state index contributed by atoms with van der Waals surface area (Å²) in [5, 5.41) is 0. The first-order chi connectivity index (χ1) is 10.8. The molecule has 0 bridgehead atoms. The topological polar surface area (TPSA) is 12.5 Å². The molecule has 2 nitrogen and oxygen atoms in total. The minimum atomic E-state index is 0.719. The molecule has 114 valence electrons. The van der Waals surface area contributed by atoms with E-state index in [0.29, 0.717) is 0 Å². The molecule has 0 radical (unpaired) electrons. The molecule has 3 rings (SSSR count). The van der Waals surface area contributed by atoms with Crippen LogP contribution >= 0.6 is 0 Å². The zero-order valence-electron chi connectivity index (χ0n) is 13.2. The Kier molecular flexibility index (Phi) is 4.92. The van der Waals surface area contributed by atoms with Crippen LogP contribution in [0.2, 0.25) is 0 Å². The van der Waals surface area contributed by atoms with Crippen molar-refractivity contribution >= 4 is 5.57 Å². The SMILES string of the molecule is CCOc1ccc(C2=CCN(Cc3ccccc3)CC2)cc1. The standard InChI is InChI=1S/C20H23NO/c1-2-22-20-10-8-18(9-11-20)19-12-14-21(15-13-19)16-17-6-4-3-5-7-17/h3-12H,2,13-16H2,1H3. The fraction of sp³-hybridized carbons (Fsp3) is 0.300. The van der Waals surface area contributed by atoms with Gasteiger partial charge in [0.25, 0.3) is 0 Å². The van der Waals surface area contributed by atoms with Crippen LogP contribution in [0.3, 0.4) is 0 Å². The zero-order chi connectivity index (χ0) is 15.2. The molecule has 0 atom stereocenters. The van der Waals surface area contributed by atoms with Crippen molar-refractivity contribution in [2.24, 2.45) is 0 Å². The molecule has 2 aromatic rings. The Labute approximate surface area is 133 Å². The largest absolute Gasteiger partial charge is 0.494 e. The minimum absolute atomic E-state index is 0.719. The Morgan fingerprint density at radius 3 is 2.41 bits per heavy atom. The van der Waals surface area contributed by atoms with Crippen molar-refractivity contribution in [2.75, 3.05) is 19.7 Å². The Hall–Kier alpha value is -2.06. The minimum Gasteiger partial charge on any atom is -0.494 e. The Morgan fingerprint density at radius 1 is 1.00 bits per heavy atom. The molecule has 22 heavy (non-hydrogen) atoms. The van der Waals surface area contributed by atoms with Gasteiger partial charge in [-0.15, -0.1) is 0 Å². The van der Waals surface area contributed by atoms with Gasteiger partial charge in [-0.25, -0.2) is 0 Å². The number of benzene rings is 2. The lowest BCUT2D eigenvalue weighted by Gasteiger charge is -2.26. The zero-order valence-corrected chi connectivity index (χ0v) is 13.2. The van der Waals surface area contributed by atoms with E-state index in [4.69, 9.17) is 4.74 Å². The summed E-state index contributed by atoms with van der Waals surface area (Å²) >= 11 is 0. The summed E-state index contributed by atoms with van der Waals surface area (Å²) < 4.78 is 5.50. The second kappa shape index (κ2) is 7.28. The van der Waals surface area contributed by atoms with E-state index < -0.39 is 0 Å². The van der Waals surface area contributed by atoms with Gasteiger partial charge in [0.2, 0.25) is 0 Å². The molecular weight excluding hydrogens is 270 g/mol. The first-order valence-corrected chi connectivity index (χ1v) is 8.03. The van der Waals surface area contributed by atoms with E-state index in [1.165, 1.54) is 16.7 Å². The van der Waals surface area contributed by atoms with Crippen molar-refractivity contribution < 1.29 is 4.74 Å². The molecule has 0 saturated heterocycles. The van der Waals surface area contributed by atoms with Crippen LogP contribution < -0.4 is 4.74 Å². The molecule has 0 unspecified atom stereocenters. The van der Waals surface area contributed by atoms with E-state index in [-0.39, 0.29) is 0 Å². The van der Waals surface area contributed by atoms with Gasteiger partial charge in [0.1, 0.15) is 5.75 Å². The van der Waals surface area contributed by atoms with Crippen LogP contribution in [0.15, 0.2) is 60.7 Å². The first kappa shape index (κ1) is 14.9. The third-order valence-corrected chi connectivity index (χ3v) is 4.08. The van der Waals surface area contributed by atoms with Gasteiger partial charge in [0.15, 0.2) is 0 Å². The molecule has 2 aromatic carbocycles. The second-order valence-corrected chi connectivity index (χ2v) is 5.66. The number of nitrogens with zero attached hydrogens (tertiary/aromatic N) is 1. The molecule has 0 aromatic heterocycles. The lowest BCUT2D eigenvalue weighted by atomic mass is 9.99. The van der Waals surface area contributed by atoms with Crippen LogP contribution in [0, 0.1) is 0 Å². The summed E-state index contributed by atoms with van der Waals surface area (Å²) in [6.45, 7) is 5.91. The van der Waals surface area contributed by atoms with Gasteiger partial charge in [0, 0.05) is 19.6 Å². The fourth-order valence-electron chi connectivity index (χ4n) is 2.89. The number of hydrogen-bond acceptors (Lipinski definition) is 2. The highest BCUT2D eigenvalue weighted by atomic mass is 16.5. The van der Waals surface area contributed by atoms with Crippen LogP contribution in [-0.2, 0) is 6.54 Å². The van der Waals surface area contributed by atoms with Crippen molar-refractivity contribution in [3.8, 4) is 5.75 Å². The molecule has 0 amide bonds. The number of hydrogen-bond donors (Lipinski definition) is 0. The third-order valence-electron chi connectivity index (χ3n) is 4.08. The molecule has 2 heteroatoms. The van der Waals surface area contributed by atoms with Crippen LogP contribution in [0.25, 0.3) is 5.57 Å². The van der Waals surface area contributed by atoms with Crippen LogP contribution in [0.4, 0.5) is 0 Å². The predicted molar refractivity (Wildman–Crippen MR) is 91.9 cm³/mol. The van der Waals surface area contributed by atoms with E-state index in [2.05, 4.69) is 65.6 Å². The highest BCUT2D eigenvalue weighted by Gasteiger charge is 2.13. The summed E-state index contributed by atoms with van der Waals surface area (Å²) in [7, 11) is 0. The Bertz CT molecular complexity index is 616. The fourth-order valence-corrected chi connectivity index (χ4v) is 2.89. The van der Waals surface area contributed by atoms with Gasteiger partial charge in [-0.05, 0) is 42.2 Å². The van der Waals surface area contributed by atoms with Crippen molar-refractivity contribution in [2.45, 2.75) is 19.9 Å². The molecule has 1 aliphatic heterocycles. The van der Waals surface area contributed by atoms with Crippen molar-refractivity contribution in [3.05, 3.63) is 71.8 Å². The Balaban J connectivity index is 1.61. The number of rotatable bonds is 5. The summed E-state index contributed by atoms with van der Waals surface area (Å²) in [5.74, 6) is 0.952. The van der Waals surface area contributed by atoms with Crippen LogP contribution in [0.5, 0.6) is 5.75 Å². The molecule has 1 heterocycles. The maximum absolute atomic E-state index is 5.50. The maximum Gasteiger partial charge on any atom is 0.119 e. The van der Waals surface area contributed by atoms with E-state index in [9.17, 15) is 0 Å². The number of ether oxygens (including phenoxy) is 1. The lowest BCUT2D eigenvalue weighted by Crippen LogP contribution is -2.27. The van der Waals surface area contributed by atoms with Crippen molar-refractivity contribution in [1.29, 1.82) is 0 Å². The maximum atomic E-state index is 5.50. The van der Waals surface area contributed by atoms with Gasteiger partial charge < -0.3 is 4.74 Å². The van der Waals surface area contributed by atoms with Crippen LogP contribution in [-0.4, -0.2) is 24.6 Å². The van der Waals surface area contributed by atoms with Crippen molar-refractivity contribution in [3.63, 3.8) is 0 Å². The average molecular weight is 293 g/mol. The van der Waals surface area contributed by atoms with Gasteiger partial charge >= 0.3 is 0 Å². The predicted octanol–water partition coefficient (Wildman–Crippen LogP) is 4.37. The van der Waals surface area contributed by atoms with E-state index in [1.54, 1.807) is 0 Å². The van der Waals surface area contributed by atoms with Gasteiger partial charge in [-0.1, -0.05) is 48.5 Å². The molecule has 1 aliphatic rings. The van der Waals surface area contributed by atoms with E-state index in [1.807, 2.05) is 6.92 Å². The van der Waals surface area contributed by atoms with Gasteiger partial charge in [0.05, 0.1) is 6.61 Å². The van der Waals surface area contributed by atoms with E-state index in [0.717, 1.165) is 38.4 Å².